The zero-order valence-corrected chi connectivity index (χ0v) is 7.51. The Morgan fingerprint density at radius 3 is 2.27 bits per heavy atom. The first-order valence-electron chi connectivity index (χ1n) is 3.58. The molecular weight excluding hydrogens is 173 g/mol. The topological polar surface area (TPSA) is 0 Å². The van der Waals surface area contributed by atoms with E-state index in [1.165, 1.54) is 0 Å². The fourth-order valence-electron chi connectivity index (χ4n) is 0.714. The predicted octanol–water partition coefficient (Wildman–Crippen LogP) is 3.14. The molecule has 0 aliphatic heterocycles. The summed E-state index contributed by atoms with van der Waals surface area (Å²) in [6.45, 7) is 1.97. The van der Waals surface area contributed by atoms with Crippen molar-refractivity contribution in [3.63, 3.8) is 0 Å². The Bertz CT molecular complexity index is 100. The first-order chi connectivity index (χ1) is 4.95. The Balaban J connectivity index is 3.44. The van der Waals surface area contributed by atoms with Gasteiger partial charge in [0.25, 0.3) is 0 Å². The third-order valence-corrected chi connectivity index (χ3v) is 2.99. The van der Waals surface area contributed by atoms with E-state index in [1.807, 2.05) is 6.92 Å². The average molecular weight is 187 g/mol. The maximum atomic E-state index is 11.7. The van der Waals surface area contributed by atoms with Crippen molar-refractivity contribution < 1.29 is 13.2 Å². The molecule has 0 fully saturated rings. The van der Waals surface area contributed by atoms with E-state index in [2.05, 4.69) is 6.26 Å². The second-order valence-electron chi connectivity index (χ2n) is 2.52. The van der Waals surface area contributed by atoms with E-state index in [0.717, 1.165) is 12.8 Å². The molecule has 0 aromatic rings. The number of halogens is 3. The summed E-state index contributed by atoms with van der Waals surface area (Å²) in [5.41, 5.74) is 0. The molecule has 0 aliphatic rings. The van der Waals surface area contributed by atoms with E-state index in [-0.39, 0.29) is 0 Å². The second-order valence-corrected chi connectivity index (χ2v) is 4.63. The zero-order valence-electron chi connectivity index (χ0n) is 6.62. The smallest absolute Gasteiger partial charge is 0.244 e. The number of unbranched alkanes of at least 4 members (excludes halogenated alkanes) is 1. The van der Waals surface area contributed by atoms with Crippen molar-refractivity contribution >= 4 is 10.9 Å². The van der Waals surface area contributed by atoms with Crippen LogP contribution in [0.2, 0.25) is 0 Å². The maximum Gasteiger partial charge on any atom is 0.396 e. The molecule has 0 saturated carbocycles. The molecular formula is C7H14F3S. The van der Waals surface area contributed by atoms with Crippen LogP contribution < -0.4 is 0 Å². The number of hydrogen-bond acceptors (Lipinski definition) is 0. The van der Waals surface area contributed by atoms with Gasteiger partial charge in [0.2, 0.25) is 0 Å². The van der Waals surface area contributed by atoms with Crippen LogP contribution in [0.25, 0.3) is 0 Å². The van der Waals surface area contributed by atoms with Gasteiger partial charge in [0, 0.05) is 0 Å². The van der Waals surface area contributed by atoms with Gasteiger partial charge in [0.05, 0.1) is 5.75 Å². The van der Waals surface area contributed by atoms with Gasteiger partial charge >= 0.3 is 6.18 Å². The minimum absolute atomic E-state index is 0.644. The summed E-state index contributed by atoms with van der Waals surface area (Å²) in [4.78, 5) is 0. The Morgan fingerprint density at radius 1 is 1.36 bits per heavy atom. The summed E-state index contributed by atoms with van der Waals surface area (Å²) in [7, 11) is -1.05. The lowest BCUT2D eigenvalue weighted by Crippen LogP contribution is -2.14. The molecule has 1 atom stereocenters. The predicted molar refractivity (Wildman–Crippen MR) is 45.0 cm³/mol. The van der Waals surface area contributed by atoms with Crippen LogP contribution in [-0.2, 0) is 0 Å². The molecule has 1 unspecified atom stereocenters. The molecule has 0 amide bonds. The molecule has 0 N–H and O–H groups in total. The molecule has 0 saturated heterocycles. The van der Waals surface area contributed by atoms with Gasteiger partial charge in [0.15, 0.2) is 0 Å². The summed E-state index contributed by atoms with van der Waals surface area (Å²) in [5.74, 6) is -0.0341. The molecule has 0 spiro atoms. The molecule has 0 aliphatic carbocycles. The molecule has 0 heterocycles. The fraction of sp³-hybridized carbons (Fsp3) is 0.857. The van der Waals surface area contributed by atoms with Crippen LogP contribution in [0, 0.1) is 6.26 Å². The molecule has 0 bridgehead atoms. The number of alkyl halides is 3. The van der Waals surface area contributed by atoms with Gasteiger partial charge in [-0.25, -0.2) is 10.9 Å². The van der Waals surface area contributed by atoms with Gasteiger partial charge < -0.3 is 0 Å². The molecule has 0 aromatic heterocycles. The average Bonchev–Trinajstić information content (AvgIpc) is 1.79. The van der Waals surface area contributed by atoms with E-state index < -0.39 is 22.8 Å². The Hall–Kier alpha value is 0.140. The van der Waals surface area contributed by atoms with Gasteiger partial charge in [-0.05, 0) is 18.4 Å². The highest BCUT2D eigenvalue weighted by atomic mass is 32.2. The summed E-state index contributed by atoms with van der Waals surface area (Å²) >= 11 is 0. The Morgan fingerprint density at radius 2 is 1.91 bits per heavy atom. The van der Waals surface area contributed by atoms with Crippen LogP contribution in [0.5, 0.6) is 0 Å². The molecule has 0 aromatic carbocycles. The quantitative estimate of drug-likeness (QED) is 0.642. The van der Waals surface area contributed by atoms with E-state index in [0.29, 0.717) is 5.75 Å². The third kappa shape index (κ3) is 8.04. The monoisotopic (exact) mass is 187 g/mol. The van der Waals surface area contributed by atoms with Gasteiger partial charge in [-0.1, -0.05) is 13.3 Å². The van der Waals surface area contributed by atoms with E-state index in [1.54, 1.807) is 0 Å². The fourth-order valence-corrected chi connectivity index (χ4v) is 2.14. The van der Waals surface area contributed by atoms with Gasteiger partial charge in [-0.2, -0.15) is 13.2 Å². The largest absolute Gasteiger partial charge is 0.396 e. The Kier molecular flexibility index (Phi) is 4.97. The van der Waals surface area contributed by atoms with Crippen LogP contribution in [0.15, 0.2) is 0 Å². The summed E-state index contributed by atoms with van der Waals surface area (Å²) in [5, 5.41) is 0. The van der Waals surface area contributed by atoms with E-state index >= 15 is 0 Å². The summed E-state index contributed by atoms with van der Waals surface area (Å²) in [6.07, 6.45) is 1.31. The van der Waals surface area contributed by atoms with Crippen LogP contribution in [-0.4, -0.2) is 17.7 Å². The van der Waals surface area contributed by atoms with Crippen molar-refractivity contribution in [3.8, 4) is 0 Å². The van der Waals surface area contributed by atoms with Crippen molar-refractivity contribution in [1.82, 2.24) is 0 Å². The molecule has 69 valence electrons. The molecule has 0 nitrogen and oxygen atoms in total. The van der Waals surface area contributed by atoms with Crippen molar-refractivity contribution in [2.75, 3.05) is 11.5 Å². The lowest BCUT2D eigenvalue weighted by Gasteiger charge is -2.16. The van der Waals surface area contributed by atoms with Gasteiger partial charge in [0.1, 0.15) is 0 Å². The molecule has 0 rings (SSSR count). The van der Waals surface area contributed by atoms with Crippen molar-refractivity contribution in [2.45, 2.75) is 25.9 Å². The van der Waals surface area contributed by atoms with E-state index in [9.17, 15) is 13.2 Å². The lowest BCUT2D eigenvalue weighted by atomic mass is 10.4. The highest BCUT2D eigenvalue weighted by molar-refractivity contribution is 8.18. The highest BCUT2D eigenvalue weighted by Gasteiger charge is 2.28. The maximum absolute atomic E-state index is 11.7. The Labute approximate surface area is 68.5 Å². The number of hydrogen-bond donors (Lipinski definition) is 1. The summed E-state index contributed by atoms with van der Waals surface area (Å²) < 4.78 is 35.1. The second kappa shape index (κ2) is 4.91. The zero-order chi connectivity index (χ0) is 8.91. The minimum atomic E-state index is -4.01. The standard InChI is InChI=1S/C7H14F3S/c1-3-4-5-11(2)6-7(8,9)10/h11H,2-6H2,1H3. The lowest BCUT2D eigenvalue weighted by molar-refractivity contribution is -0.105. The molecule has 1 radical (unpaired) electrons. The normalized spacial score (nSPS) is 16.6. The van der Waals surface area contributed by atoms with Crippen LogP contribution in [0.3, 0.4) is 0 Å². The number of thiol groups is 1. The molecule has 11 heavy (non-hydrogen) atoms. The summed E-state index contributed by atoms with van der Waals surface area (Å²) in [6, 6.07) is 0. The van der Waals surface area contributed by atoms with Gasteiger partial charge in [-0.3, -0.25) is 0 Å². The third-order valence-electron chi connectivity index (χ3n) is 1.23. The van der Waals surface area contributed by atoms with Crippen LogP contribution in [0.4, 0.5) is 13.2 Å². The SMILES string of the molecule is [CH2][SH](CCCC)CC(F)(F)F. The van der Waals surface area contributed by atoms with Crippen molar-refractivity contribution in [2.24, 2.45) is 0 Å². The van der Waals surface area contributed by atoms with Crippen molar-refractivity contribution in [1.29, 1.82) is 0 Å². The first-order valence-corrected chi connectivity index (χ1v) is 5.47. The number of rotatable bonds is 4. The van der Waals surface area contributed by atoms with Gasteiger partial charge in [-0.15, -0.1) is 0 Å². The molecule has 4 heteroatoms. The van der Waals surface area contributed by atoms with Crippen molar-refractivity contribution in [3.05, 3.63) is 6.26 Å². The minimum Gasteiger partial charge on any atom is -0.244 e. The first kappa shape index (κ1) is 11.1. The van der Waals surface area contributed by atoms with Crippen LogP contribution in [0.1, 0.15) is 19.8 Å². The van der Waals surface area contributed by atoms with Crippen LogP contribution >= 0.6 is 10.9 Å². The van der Waals surface area contributed by atoms with E-state index in [4.69, 9.17) is 0 Å². The highest BCUT2D eigenvalue weighted by Crippen LogP contribution is 2.32.